The smallest absolute Gasteiger partial charge is 0.229 e. The third kappa shape index (κ3) is 4.20. The van der Waals surface area contributed by atoms with Crippen molar-refractivity contribution in [3.8, 4) is 11.8 Å². The van der Waals surface area contributed by atoms with Crippen LogP contribution in [0.5, 0.6) is 0 Å². The Morgan fingerprint density at radius 2 is 2.14 bits per heavy atom. The van der Waals surface area contributed by atoms with E-state index in [1.807, 2.05) is 13.8 Å². The molecule has 0 spiro atoms. The molecule has 1 aliphatic rings. The second-order valence-electron chi connectivity index (χ2n) is 6.68. The number of hydrogen-bond acceptors (Lipinski definition) is 6. The van der Waals surface area contributed by atoms with Gasteiger partial charge < -0.3 is 5.32 Å². The van der Waals surface area contributed by atoms with Crippen LogP contribution in [-0.2, 0) is 4.79 Å². The SMILES string of the molecule is CC#CCNSc1ccc(C2CC2C(=O)Nc2nc3c(C)cncc3s2)cc1. The van der Waals surface area contributed by atoms with Crippen LogP contribution in [0.25, 0.3) is 10.2 Å². The molecule has 0 radical (unpaired) electrons. The highest BCUT2D eigenvalue weighted by Crippen LogP contribution is 2.48. The molecule has 1 saturated carbocycles. The van der Waals surface area contributed by atoms with Gasteiger partial charge in [0.05, 0.1) is 16.8 Å². The van der Waals surface area contributed by atoms with Crippen molar-refractivity contribution in [2.75, 3.05) is 11.9 Å². The monoisotopic (exact) mass is 408 g/mol. The fourth-order valence-corrected chi connectivity index (χ4v) is 4.61. The van der Waals surface area contributed by atoms with E-state index in [4.69, 9.17) is 0 Å². The molecule has 0 bridgehead atoms. The molecule has 0 aliphatic heterocycles. The lowest BCUT2D eigenvalue weighted by Gasteiger charge is -2.04. The van der Waals surface area contributed by atoms with Gasteiger partial charge in [0, 0.05) is 23.2 Å². The molecule has 2 heterocycles. The third-order valence-electron chi connectivity index (χ3n) is 4.68. The zero-order valence-corrected chi connectivity index (χ0v) is 17.3. The Kier molecular flexibility index (Phi) is 5.62. The van der Waals surface area contributed by atoms with Crippen LogP contribution in [0.15, 0.2) is 41.6 Å². The summed E-state index contributed by atoms with van der Waals surface area (Å²) in [5.74, 6) is 6.19. The average molecular weight is 409 g/mol. The van der Waals surface area contributed by atoms with Crippen molar-refractivity contribution in [2.24, 2.45) is 5.92 Å². The number of aryl methyl sites for hydroxylation is 1. The van der Waals surface area contributed by atoms with E-state index < -0.39 is 0 Å². The second kappa shape index (κ2) is 8.31. The molecule has 0 saturated heterocycles. The summed E-state index contributed by atoms with van der Waals surface area (Å²) in [6, 6.07) is 8.40. The fraction of sp³-hybridized carbons (Fsp3) is 0.286. The number of rotatable bonds is 6. The summed E-state index contributed by atoms with van der Waals surface area (Å²) in [6.07, 6.45) is 4.46. The number of nitrogens with one attached hydrogen (secondary N) is 2. The Bertz CT molecular complexity index is 1070. The van der Waals surface area contributed by atoms with E-state index in [1.165, 1.54) is 16.9 Å². The minimum absolute atomic E-state index is 0.0164. The first-order valence-corrected chi connectivity index (χ1v) is 10.7. The van der Waals surface area contributed by atoms with E-state index in [0.29, 0.717) is 11.7 Å². The number of carbonyl (C=O) groups excluding carboxylic acids is 1. The van der Waals surface area contributed by atoms with Crippen molar-refractivity contribution in [3.63, 3.8) is 0 Å². The van der Waals surface area contributed by atoms with E-state index in [0.717, 1.165) is 27.1 Å². The molecule has 7 heteroatoms. The first-order chi connectivity index (χ1) is 13.7. The third-order valence-corrected chi connectivity index (χ3v) is 6.38. The molecule has 3 aromatic rings. The first-order valence-electron chi connectivity index (χ1n) is 9.07. The van der Waals surface area contributed by atoms with Crippen LogP contribution < -0.4 is 10.0 Å². The molecular formula is C21H20N4OS2. The van der Waals surface area contributed by atoms with Gasteiger partial charge in [0.1, 0.15) is 0 Å². The van der Waals surface area contributed by atoms with Crippen LogP contribution in [0, 0.1) is 24.7 Å². The van der Waals surface area contributed by atoms with Crippen molar-refractivity contribution in [1.82, 2.24) is 14.7 Å². The zero-order valence-electron chi connectivity index (χ0n) is 15.7. The predicted molar refractivity (Wildman–Crippen MR) is 115 cm³/mol. The van der Waals surface area contributed by atoms with Crippen LogP contribution >= 0.6 is 23.3 Å². The van der Waals surface area contributed by atoms with Gasteiger partial charge in [-0.1, -0.05) is 29.4 Å². The Hall–Kier alpha value is -2.40. The average Bonchev–Trinajstić information content (AvgIpc) is 3.39. The van der Waals surface area contributed by atoms with E-state index in [2.05, 4.69) is 56.1 Å². The van der Waals surface area contributed by atoms with Crippen molar-refractivity contribution in [2.45, 2.75) is 31.1 Å². The number of thiazole rings is 1. The van der Waals surface area contributed by atoms with Gasteiger partial charge in [0.15, 0.2) is 5.13 Å². The summed E-state index contributed by atoms with van der Waals surface area (Å²) in [6.45, 7) is 4.47. The molecule has 1 aliphatic carbocycles. The largest absolute Gasteiger partial charge is 0.302 e. The van der Waals surface area contributed by atoms with Gasteiger partial charge in [-0.25, -0.2) is 9.71 Å². The predicted octanol–water partition coefficient (Wildman–Crippen LogP) is 4.36. The Balaban J connectivity index is 1.34. The quantitative estimate of drug-likeness (QED) is 0.360. The van der Waals surface area contributed by atoms with Crippen LogP contribution in [0.2, 0.25) is 0 Å². The maximum Gasteiger partial charge on any atom is 0.229 e. The van der Waals surface area contributed by atoms with Gasteiger partial charge in [0.25, 0.3) is 0 Å². The summed E-state index contributed by atoms with van der Waals surface area (Å²) < 4.78 is 4.20. The maximum absolute atomic E-state index is 12.6. The lowest BCUT2D eigenvalue weighted by atomic mass is 10.1. The van der Waals surface area contributed by atoms with Gasteiger partial charge in [-0.15, -0.1) is 5.92 Å². The van der Waals surface area contributed by atoms with Crippen molar-refractivity contribution in [3.05, 3.63) is 47.8 Å². The lowest BCUT2D eigenvalue weighted by molar-refractivity contribution is -0.117. The van der Waals surface area contributed by atoms with Crippen molar-refractivity contribution < 1.29 is 4.79 Å². The standard InChI is InChI=1S/C21H20N4OS2/c1-3-4-9-23-28-15-7-5-14(6-8-15)16-10-17(16)20(26)25-21-24-19-13(2)11-22-12-18(19)27-21/h5-8,11-12,16-17,23H,9-10H2,1-2H3,(H,24,25,26). The van der Waals surface area contributed by atoms with Crippen molar-refractivity contribution in [1.29, 1.82) is 0 Å². The number of pyridine rings is 1. The van der Waals surface area contributed by atoms with Crippen LogP contribution in [-0.4, -0.2) is 22.4 Å². The number of anilines is 1. The zero-order chi connectivity index (χ0) is 19.5. The Labute approximate surface area is 172 Å². The van der Waals surface area contributed by atoms with E-state index in [9.17, 15) is 4.79 Å². The molecule has 1 amide bonds. The number of carbonyl (C=O) groups is 1. The fourth-order valence-electron chi connectivity index (χ4n) is 3.11. The van der Waals surface area contributed by atoms with Gasteiger partial charge in [-0.05, 0) is 61.4 Å². The molecule has 2 unspecified atom stereocenters. The normalized spacial score (nSPS) is 17.8. The molecule has 28 heavy (non-hydrogen) atoms. The molecule has 2 N–H and O–H groups in total. The first kappa shape index (κ1) is 18.9. The highest BCUT2D eigenvalue weighted by atomic mass is 32.2. The number of hydrogen-bond donors (Lipinski definition) is 2. The summed E-state index contributed by atoms with van der Waals surface area (Å²) in [4.78, 5) is 22.5. The minimum Gasteiger partial charge on any atom is -0.302 e. The lowest BCUT2D eigenvalue weighted by Crippen LogP contribution is -2.14. The highest BCUT2D eigenvalue weighted by molar-refractivity contribution is 7.97. The molecule has 5 nitrogen and oxygen atoms in total. The molecular weight excluding hydrogens is 388 g/mol. The highest BCUT2D eigenvalue weighted by Gasteiger charge is 2.44. The topological polar surface area (TPSA) is 66.9 Å². The van der Waals surface area contributed by atoms with Gasteiger partial charge >= 0.3 is 0 Å². The van der Waals surface area contributed by atoms with E-state index in [1.54, 1.807) is 24.3 Å². The summed E-state index contributed by atoms with van der Waals surface area (Å²) >= 11 is 3.04. The molecule has 1 fully saturated rings. The second-order valence-corrected chi connectivity index (χ2v) is 8.67. The molecule has 2 atom stereocenters. The number of benzene rings is 1. The Morgan fingerprint density at radius 1 is 1.32 bits per heavy atom. The maximum atomic E-state index is 12.6. The van der Waals surface area contributed by atoms with Crippen LogP contribution in [0.4, 0.5) is 5.13 Å². The summed E-state index contributed by atoms with van der Waals surface area (Å²) in [5.41, 5.74) is 3.14. The van der Waals surface area contributed by atoms with Gasteiger partial charge in [-0.3, -0.25) is 9.78 Å². The number of nitrogens with zero attached hydrogens (tertiary/aromatic N) is 2. The van der Waals surface area contributed by atoms with E-state index >= 15 is 0 Å². The van der Waals surface area contributed by atoms with Gasteiger partial charge in [-0.2, -0.15) is 0 Å². The molecule has 1 aromatic carbocycles. The molecule has 4 rings (SSSR count). The molecule has 142 valence electrons. The van der Waals surface area contributed by atoms with Gasteiger partial charge in [0.2, 0.25) is 5.91 Å². The van der Waals surface area contributed by atoms with E-state index in [-0.39, 0.29) is 17.7 Å². The van der Waals surface area contributed by atoms with Crippen LogP contribution in [0.3, 0.4) is 0 Å². The molecule has 2 aromatic heterocycles. The number of amides is 1. The van der Waals surface area contributed by atoms with Crippen LogP contribution in [0.1, 0.15) is 30.4 Å². The minimum atomic E-state index is 0.0164. The summed E-state index contributed by atoms with van der Waals surface area (Å²) in [5, 5.41) is 3.63. The number of fused-ring (bicyclic) bond motifs is 1. The summed E-state index contributed by atoms with van der Waals surface area (Å²) in [7, 11) is 0. The number of aromatic nitrogens is 2. The Morgan fingerprint density at radius 3 is 2.89 bits per heavy atom. The van der Waals surface area contributed by atoms with Crippen molar-refractivity contribution >= 4 is 44.5 Å².